The van der Waals surface area contributed by atoms with E-state index in [0.29, 0.717) is 11.1 Å². The molecule has 0 spiro atoms. The molecule has 0 radical (unpaired) electrons. The fourth-order valence-electron chi connectivity index (χ4n) is 2.60. The van der Waals surface area contributed by atoms with Crippen molar-refractivity contribution in [3.63, 3.8) is 0 Å². The van der Waals surface area contributed by atoms with Crippen LogP contribution in [0.4, 0.5) is 4.39 Å². The van der Waals surface area contributed by atoms with Crippen molar-refractivity contribution in [2.45, 2.75) is 6.54 Å². The van der Waals surface area contributed by atoms with Crippen LogP contribution >= 0.6 is 0 Å². The highest BCUT2D eigenvalue weighted by Gasteiger charge is 2.14. The van der Waals surface area contributed by atoms with Gasteiger partial charge >= 0.3 is 0 Å². The number of ketones is 1. The van der Waals surface area contributed by atoms with Crippen molar-refractivity contribution in [3.8, 4) is 0 Å². The second-order valence-corrected chi connectivity index (χ2v) is 5.41. The second-order valence-electron chi connectivity index (χ2n) is 5.41. The Bertz CT molecular complexity index is 1110. The number of para-hydroxylation sites is 1. The lowest BCUT2D eigenvalue weighted by atomic mass is 10.2. The molecule has 0 saturated heterocycles. The summed E-state index contributed by atoms with van der Waals surface area (Å²) in [5.74, 6) is -0.712. The second kappa shape index (κ2) is 5.42. The van der Waals surface area contributed by atoms with Crippen LogP contribution < -0.4 is 5.56 Å². The third kappa shape index (κ3) is 2.38. The van der Waals surface area contributed by atoms with Crippen molar-refractivity contribution < 1.29 is 13.6 Å². The Morgan fingerprint density at radius 2 is 2.00 bits per heavy atom. The molecule has 0 unspecified atom stereocenters. The van der Waals surface area contributed by atoms with Gasteiger partial charge < -0.3 is 4.42 Å². The standard InChI is InChI=1S/C18H11FN2O3/c19-12-5-6-14-13(8-12)18(23)21(10-20-14)9-15(22)17-7-11-3-1-2-4-16(11)24-17/h1-8,10H,9H2. The molecule has 2 heterocycles. The fraction of sp³-hybridized carbons (Fsp3) is 0.0556. The first kappa shape index (κ1) is 14.3. The summed E-state index contributed by atoms with van der Waals surface area (Å²) < 4.78 is 20.0. The predicted octanol–water partition coefficient (Wildman–Crippen LogP) is 3.16. The highest BCUT2D eigenvalue weighted by molar-refractivity contribution is 5.97. The fourth-order valence-corrected chi connectivity index (χ4v) is 2.60. The molecular formula is C18H11FN2O3. The summed E-state index contributed by atoms with van der Waals surface area (Å²) in [6.45, 7) is -0.224. The monoisotopic (exact) mass is 322 g/mol. The van der Waals surface area contributed by atoms with Crippen LogP contribution in [0.2, 0.25) is 0 Å². The Labute approximate surface area is 135 Å². The van der Waals surface area contributed by atoms with Gasteiger partial charge in [0, 0.05) is 5.39 Å². The molecule has 2 aromatic carbocycles. The third-order valence-corrected chi connectivity index (χ3v) is 3.80. The van der Waals surface area contributed by atoms with Gasteiger partial charge in [0.25, 0.3) is 5.56 Å². The molecular weight excluding hydrogens is 311 g/mol. The van der Waals surface area contributed by atoms with E-state index in [2.05, 4.69) is 4.98 Å². The summed E-state index contributed by atoms with van der Waals surface area (Å²) in [5.41, 5.74) is 0.518. The van der Waals surface area contributed by atoms with Crippen LogP contribution in [0.1, 0.15) is 10.6 Å². The number of rotatable bonds is 3. The number of halogens is 1. The summed E-state index contributed by atoms with van der Waals surface area (Å²) in [6.07, 6.45) is 1.28. The van der Waals surface area contributed by atoms with Crippen LogP contribution in [0.25, 0.3) is 21.9 Å². The molecule has 24 heavy (non-hydrogen) atoms. The zero-order valence-corrected chi connectivity index (χ0v) is 12.4. The number of aromatic nitrogens is 2. The number of hydrogen-bond acceptors (Lipinski definition) is 4. The number of carbonyl (C=O) groups excluding carboxylic acids is 1. The Balaban J connectivity index is 1.72. The molecule has 0 aliphatic rings. The molecule has 0 amide bonds. The van der Waals surface area contributed by atoms with Gasteiger partial charge in [0.1, 0.15) is 11.4 Å². The van der Waals surface area contributed by atoms with Gasteiger partial charge in [-0.05, 0) is 30.3 Å². The van der Waals surface area contributed by atoms with Gasteiger partial charge in [-0.3, -0.25) is 14.2 Å². The van der Waals surface area contributed by atoms with Gasteiger partial charge in [-0.15, -0.1) is 0 Å². The molecule has 6 heteroatoms. The predicted molar refractivity (Wildman–Crippen MR) is 86.5 cm³/mol. The maximum atomic E-state index is 13.3. The number of fused-ring (bicyclic) bond motifs is 2. The number of benzene rings is 2. The van der Waals surface area contributed by atoms with E-state index < -0.39 is 11.4 Å². The minimum atomic E-state index is -0.525. The lowest BCUT2D eigenvalue weighted by Gasteiger charge is -2.04. The summed E-state index contributed by atoms with van der Waals surface area (Å²) in [7, 11) is 0. The van der Waals surface area contributed by atoms with Crippen LogP contribution in [0.5, 0.6) is 0 Å². The Morgan fingerprint density at radius 3 is 2.83 bits per heavy atom. The van der Waals surface area contributed by atoms with Crippen molar-refractivity contribution in [1.29, 1.82) is 0 Å². The zero-order valence-electron chi connectivity index (χ0n) is 12.4. The zero-order chi connectivity index (χ0) is 16.7. The van der Waals surface area contributed by atoms with Gasteiger partial charge in [0.05, 0.1) is 23.8 Å². The third-order valence-electron chi connectivity index (χ3n) is 3.80. The average molecular weight is 322 g/mol. The summed E-state index contributed by atoms with van der Waals surface area (Å²) in [6, 6.07) is 12.7. The SMILES string of the molecule is O=C(Cn1cnc2ccc(F)cc2c1=O)c1cc2ccccc2o1. The van der Waals surface area contributed by atoms with E-state index in [1.807, 2.05) is 18.2 Å². The van der Waals surface area contributed by atoms with E-state index in [4.69, 9.17) is 4.42 Å². The molecule has 4 rings (SSSR count). The van der Waals surface area contributed by atoms with Gasteiger partial charge in [-0.25, -0.2) is 9.37 Å². The molecule has 4 aromatic rings. The molecule has 0 aliphatic heterocycles. The molecule has 118 valence electrons. The van der Waals surface area contributed by atoms with E-state index in [9.17, 15) is 14.0 Å². The van der Waals surface area contributed by atoms with Gasteiger partial charge in [-0.2, -0.15) is 0 Å². The Morgan fingerprint density at radius 1 is 1.17 bits per heavy atom. The minimum absolute atomic E-state index is 0.134. The minimum Gasteiger partial charge on any atom is -0.453 e. The van der Waals surface area contributed by atoms with E-state index in [1.165, 1.54) is 18.5 Å². The van der Waals surface area contributed by atoms with Crippen molar-refractivity contribution in [3.05, 3.63) is 76.8 Å². The van der Waals surface area contributed by atoms with E-state index >= 15 is 0 Å². The highest BCUT2D eigenvalue weighted by atomic mass is 19.1. The van der Waals surface area contributed by atoms with Crippen molar-refractivity contribution in [2.75, 3.05) is 0 Å². The quantitative estimate of drug-likeness (QED) is 0.543. The number of Topliss-reactive ketones (excluding diaryl/α,β-unsaturated/α-hetero) is 1. The first-order chi connectivity index (χ1) is 11.6. The number of nitrogens with zero attached hydrogens (tertiary/aromatic N) is 2. The van der Waals surface area contributed by atoms with Gasteiger partial charge in [0.2, 0.25) is 5.78 Å². The maximum Gasteiger partial charge on any atom is 0.261 e. The molecule has 0 atom stereocenters. The molecule has 0 bridgehead atoms. The molecule has 2 aromatic heterocycles. The Hall–Kier alpha value is -3.28. The largest absolute Gasteiger partial charge is 0.453 e. The lowest BCUT2D eigenvalue weighted by Crippen LogP contribution is -2.24. The van der Waals surface area contributed by atoms with Crippen molar-refractivity contribution in [1.82, 2.24) is 9.55 Å². The van der Waals surface area contributed by atoms with Gasteiger partial charge in [0.15, 0.2) is 5.76 Å². The first-order valence-corrected chi connectivity index (χ1v) is 7.28. The molecule has 0 fully saturated rings. The molecule has 0 saturated carbocycles. The summed E-state index contributed by atoms with van der Waals surface area (Å²) in [4.78, 5) is 28.9. The van der Waals surface area contributed by atoms with Crippen LogP contribution in [-0.4, -0.2) is 15.3 Å². The van der Waals surface area contributed by atoms with Gasteiger partial charge in [-0.1, -0.05) is 18.2 Å². The molecule has 0 N–H and O–H groups in total. The van der Waals surface area contributed by atoms with Crippen molar-refractivity contribution >= 4 is 27.7 Å². The average Bonchev–Trinajstić information content (AvgIpc) is 3.02. The normalized spacial score (nSPS) is 11.2. The van der Waals surface area contributed by atoms with Crippen molar-refractivity contribution in [2.24, 2.45) is 0 Å². The first-order valence-electron chi connectivity index (χ1n) is 7.28. The van der Waals surface area contributed by atoms with Crippen LogP contribution in [0.3, 0.4) is 0 Å². The van der Waals surface area contributed by atoms with Crippen LogP contribution in [-0.2, 0) is 6.54 Å². The van der Waals surface area contributed by atoms with E-state index in [0.717, 1.165) is 16.0 Å². The van der Waals surface area contributed by atoms with Crippen LogP contribution in [0, 0.1) is 5.82 Å². The lowest BCUT2D eigenvalue weighted by molar-refractivity contribution is 0.0945. The summed E-state index contributed by atoms with van der Waals surface area (Å²) in [5, 5.41) is 0.946. The van der Waals surface area contributed by atoms with E-state index in [-0.39, 0.29) is 23.5 Å². The number of carbonyl (C=O) groups is 1. The maximum absolute atomic E-state index is 13.3. The smallest absolute Gasteiger partial charge is 0.261 e. The molecule has 5 nitrogen and oxygen atoms in total. The van der Waals surface area contributed by atoms with E-state index in [1.54, 1.807) is 12.1 Å². The highest BCUT2D eigenvalue weighted by Crippen LogP contribution is 2.19. The topological polar surface area (TPSA) is 65.1 Å². The number of furan rings is 1. The summed E-state index contributed by atoms with van der Waals surface area (Å²) >= 11 is 0. The van der Waals surface area contributed by atoms with Crippen LogP contribution in [0.15, 0.2) is 64.1 Å². The molecule has 0 aliphatic carbocycles. The Kier molecular flexibility index (Phi) is 3.23. The number of hydrogen-bond donors (Lipinski definition) is 0.